The van der Waals surface area contributed by atoms with Crippen molar-refractivity contribution < 1.29 is 14.0 Å². The van der Waals surface area contributed by atoms with E-state index in [1.807, 2.05) is 16.3 Å². The van der Waals surface area contributed by atoms with Crippen LogP contribution in [-0.4, -0.2) is 23.1 Å². The van der Waals surface area contributed by atoms with Gasteiger partial charge in [0.2, 0.25) is 5.91 Å². The second-order valence-corrected chi connectivity index (χ2v) is 8.46. The van der Waals surface area contributed by atoms with Crippen LogP contribution in [0.25, 0.3) is 0 Å². The zero-order chi connectivity index (χ0) is 18.8. The fourth-order valence-corrected chi connectivity index (χ4v) is 5.24. The van der Waals surface area contributed by atoms with Gasteiger partial charge in [-0.1, -0.05) is 6.07 Å². The fourth-order valence-electron chi connectivity index (χ4n) is 3.48. The highest BCUT2D eigenvalue weighted by molar-refractivity contribution is 7.10. The molecule has 0 N–H and O–H groups in total. The molecule has 6 heteroatoms. The van der Waals surface area contributed by atoms with Gasteiger partial charge in [-0.3, -0.25) is 9.59 Å². The van der Waals surface area contributed by atoms with Crippen LogP contribution in [0.1, 0.15) is 44.6 Å². The van der Waals surface area contributed by atoms with Gasteiger partial charge >= 0.3 is 0 Å². The molecule has 0 spiro atoms. The van der Waals surface area contributed by atoms with Crippen molar-refractivity contribution in [3.05, 3.63) is 79.9 Å². The van der Waals surface area contributed by atoms with Gasteiger partial charge < -0.3 is 4.90 Å². The summed E-state index contributed by atoms with van der Waals surface area (Å²) in [5.41, 5.74) is 1.64. The Bertz CT molecular complexity index is 947. The number of Topliss-reactive ketones (excluding diaryl/α,β-unsaturated/α-hetero) is 1. The smallest absolute Gasteiger partial charge is 0.223 e. The molecule has 0 bridgehead atoms. The van der Waals surface area contributed by atoms with Crippen LogP contribution < -0.4 is 0 Å². The van der Waals surface area contributed by atoms with Crippen LogP contribution >= 0.6 is 22.7 Å². The molecule has 1 aliphatic heterocycles. The number of nitrogens with zero attached hydrogens (tertiary/aromatic N) is 1. The highest BCUT2D eigenvalue weighted by Gasteiger charge is 2.33. The summed E-state index contributed by atoms with van der Waals surface area (Å²) in [5.74, 6) is -0.522. The minimum absolute atomic E-state index is 0.0132. The van der Waals surface area contributed by atoms with Gasteiger partial charge in [-0.25, -0.2) is 4.39 Å². The van der Waals surface area contributed by atoms with Gasteiger partial charge in [0, 0.05) is 34.7 Å². The standard InChI is InChI=1S/C21H18FNO2S2/c22-15-5-3-14(4-6-15)17(24)7-8-20(25)23-11-9-18-16(10-13-27-18)21(23)19-2-1-12-26-19/h1-6,10,12-13,21H,7-9,11H2/t21-/m0/s1. The Hall–Kier alpha value is -2.31. The van der Waals surface area contributed by atoms with Crippen molar-refractivity contribution in [1.29, 1.82) is 0 Å². The Balaban J connectivity index is 1.49. The molecule has 0 saturated heterocycles. The van der Waals surface area contributed by atoms with Crippen molar-refractivity contribution in [2.75, 3.05) is 6.54 Å². The topological polar surface area (TPSA) is 37.4 Å². The molecule has 4 rings (SSSR count). The van der Waals surface area contributed by atoms with E-state index in [4.69, 9.17) is 0 Å². The lowest BCUT2D eigenvalue weighted by molar-refractivity contribution is -0.133. The summed E-state index contributed by atoms with van der Waals surface area (Å²) >= 11 is 3.39. The molecule has 0 aliphatic carbocycles. The molecule has 0 saturated carbocycles. The molecular formula is C21H18FNO2S2. The third kappa shape index (κ3) is 3.73. The van der Waals surface area contributed by atoms with Crippen LogP contribution in [0.2, 0.25) is 0 Å². The fraction of sp³-hybridized carbons (Fsp3) is 0.238. The Morgan fingerprint density at radius 1 is 1.04 bits per heavy atom. The van der Waals surface area contributed by atoms with E-state index < -0.39 is 0 Å². The largest absolute Gasteiger partial charge is 0.330 e. The Morgan fingerprint density at radius 3 is 2.59 bits per heavy atom. The third-order valence-corrected chi connectivity index (χ3v) is 6.75. The molecular weight excluding hydrogens is 381 g/mol. The molecule has 1 atom stereocenters. The summed E-state index contributed by atoms with van der Waals surface area (Å²) in [6.07, 6.45) is 1.15. The quantitative estimate of drug-likeness (QED) is 0.561. The van der Waals surface area contributed by atoms with Gasteiger partial charge in [0.1, 0.15) is 5.82 Å². The zero-order valence-electron chi connectivity index (χ0n) is 14.6. The minimum atomic E-state index is -0.374. The molecule has 3 aromatic rings. The first kappa shape index (κ1) is 18.1. The van der Waals surface area contributed by atoms with E-state index in [1.165, 1.54) is 34.7 Å². The number of carbonyl (C=O) groups is 2. The van der Waals surface area contributed by atoms with Crippen molar-refractivity contribution in [2.45, 2.75) is 25.3 Å². The number of fused-ring (bicyclic) bond motifs is 1. The molecule has 138 valence electrons. The summed E-state index contributed by atoms with van der Waals surface area (Å²) in [7, 11) is 0. The predicted octanol–water partition coefficient (Wildman–Crippen LogP) is 5.09. The molecule has 1 amide bonds. The van der Waals surface area contributed by atoms with E-state index in [9.17, 15) is 14.0 Å². The first-order valence-corrected chi connectivity index (χ1v) is 10.6. The predicted molar refractivity (Wildman–Crippen MR) is 106 cm³/mol. The maximum Gasteiger partial charge on any atom is 0.223 e. The lowest BCUT2D eigenvalue weighted by atomic mass is 9.97. The lowest BCUT2D eigenvalue weighted by Gasteiger charge is -2.35. The van der Waals surface area contributed by atoms with E-state index >= 15 is 0 Å². The third-order valence-electron chi connectivity index (χ3n) is 4.83. The van der Waals surface area contributed by atoms with E-state index in [0.717, 1.165) is 11.3 Å². The van der Waals surface area contributed by atoms with E-state index in [0.29, 0.717) is 12.1 Å². The summed E-state index contributed by atoms with van der Waals surface area (Å²) in [6.45, 7) is 0.666. The molecule has 27 heavy (non-hydrogen) atoms. The molecule has 0 fully saturated rings. The molecule has 3 nitrogen and oxygen atoms in total. The van der Waals surface area contributed by atoms with Gasteiger partial charge in [-0.15, -0.1) is 22.7 Å². The molecule has 1 aliphatic rings. The number of carbonyl (C=O) groups excluding carboxylic acids is 2. The normalized spacial score (nSPS) is 16.2. The zero-order valence-corrected chi connectivity index (χ0v) is 16.2. The molecule has 0 radical (unpaired) electrons. The highest BCUT2D eigenvalue weighted by Crippen LogP contribution is 2.39. The van der Waals surface area contributed by atoms with Gasteiger partial charge in [-0.2, -0.15) is 0 Å². The molecule has 0 unspecified atom stereocenters. The van der Waals surface area contributed by atoms with Crippen LogP contribution in [-0.2, 0) is 11.2 Å². The van der Waals surface area contributed by atoms with Gasteiger partial charge in [0.15, 0.2) is 5.78 Å². The number of amides is 1. The summed E-state index contributed by atoms with van der Waals surface area (Å²) in [5, 5.41) is 4.11. The lowest BCUT2D eigenvalue weighted by Crippen LogP contribution is -2.39. The first-order chi connectivity index (χ1) is 13.1. The Kier molecular flexibility index (Phi) is 5.18. The number of hydrogen-bond donors (Lipinski definition) is 0. The SMILES string of the molecule is O=C(CCC(=O)N1CCc2sccc2[C@H]1c1cccs1)c1ccc(F)cc1. The Morgan fingerprint density at radius 2 is 1.85 bits per heavy atom. The van der Waals surface area contributed by atoms with Crippen molar-refractivity contribution in [1.82, 2.24) is 4.90 Å². The number of ketones is 1. The van der Waals surface area contributed by atoms with Crippen molar-refractivity contribution in [2.24, 2.45) is 0 Å². The maximum atomic E-state index is 13.0. The number of hydrogen-bond acceptors (Lipinski definition) is 4. The Labute approximate surface area is 165 Å². The average molecular weight is 400 g/mol. The van der Waals surface area contributed by atoms with Crippen molar-refractivity contribution >= 4 is 34.4 Å². The second kappa shape index (κ2) is 7.74. The molecule has 1 aromatic carbocycles. The maximum absolute atomic E-state index is 13.0. The summed E-state index contributed by atoms with van der Waals surface area (Å²) in [6, 6.07) is 11.6. The highest BCUT2D eigenvalue weighted by atomic mass is 32.1. The van der Waals surface area contributed by atoms with Gasteiger partial charge in [0.25, 0.3) is 0 Å². The van der Waals surface area contributed by atoms with Crippen LogP contribution in [0, 0.1) is 5.82 Å². The number of benzene rings is 1. The monoisotopic (exact) mass is 399 g/mol. The van der Waals surface area contributed by atoms with E-state index in [-0.39, 0.29) is 36.4 Å². The summed E-state index contributed by atoms with van der Waals surface area (Å²) < 4.78 is 13.0. The van der Waals surface area contributed by atoms with Gasteiger partial charge in [0.05, 0.1) is 6.04 Å². The summed E-state index contributed by atoms with van der Waals surface area (Å²) in [4.78, 5) is 29.6. The van der Waals surface area contributed by atoms with E-state index in [2.05, 4.69) is 17.5 Å². The first-order valence-electron chi connectivity index (χ1n) is 8.81. The van der Waals surface area contributed by atoms with Crippen molar-refractivity contribution in [3.8, 4) is 0 Å². The van der Waals surface area contributed by atoms with Crippen LogP contribution in [0.5, 0.6) is 0 Å². The van der Waals surface area contributed by atoms with Crippen LogP contribution in [0.4, 0.5) is 4.39 Å². The van der Waals surface area contributed by atoms with Gasteiger partial charge in [-0.05, 0) is 59.1 Å². The molecule has 3 heterocycles. The average Bonchev–Trinajstić information content (AvgIpc) is 3.37. The second-order valence-electron chi connectivity index (χ2n) is 6.48. The van der Waals surface area contributed by atoms with E-state index in [1.54, 1.807) is 22.7 Å². The number of halogens is 1. The molecule has 2 aromatic heterocycles. The minimum Gasteiger partial charge on any atom is -0.330 e. The van der Waals surface area contributed by atoms with Crippen molar-refractivity contribution in [3.63, 3.8) is 0 Å². The number of thiophene rings is 2. The van der Waals surface area contributed by atoms with Crippen LogP contribution in [0.3, 0.4) is 0 Å². The number of rotatable bonds is 5. The van der Waals surface area contributed by atoms with Crippen LogP contribution in [0.15, 0.2) is 53.2 Å².